The molecule has 0 saturated heterocycles. The molecule has 1 amide bonds. The van der Waals surface area contributed by atoms with E-state index in [-0.39, 0.29) is 0 Å². The molecule has 20 heavy (non-hydrogen) atoms. The van der Waals surface area contributed by atoms with Crippen molar-refractivity contribution in [3.05, 3.63) is 65.7 Å². The maximum absolute atomic E-state index is 11.6. The molecule has 0 aliphatic rings. The summed E-state index contributed by atoms with van der Waals surface area (Å²) in [4.78, 5) is 11.6. The van der Waals surface area contributed by atoms with E-state index in [2.05, 4.69) is 5.32 Å². The van der Waals surface area contributed by atoms with Crippen LogP contribution in [-0.4, -0.2) is 12.7 Å². The van der Waals surface area contributed by atoms with Gasteiger partial charge in [0.05, 0.1) is 6.61 Å². The Morgan fingerprint density at radius 1 is 1.00 bits per heavy atom. The lowest BCUT2D eigenvalue weighted by molar-refractivity contribution is 0.163. The minimum atomic E-state index is -0.443. The first-order valence-corrected chi connectivity index (χ1v) is 6.54. The average molecular weight is 270 g/mol. The Morgan fingerprint density at radius 2 is 1.70 bits per heavy atom. The highest BCUT2D eigenvalue weighted by Gasteiger charge is 2.03. The minimum Gasteiger partial charge on any atom is -0.449 e. The van der Waals surface area contributed by atoms with Gasteiger partial charge in [-0.3, -0.25) is 5.32 Å². The van der Waals surface area contributed by atoms with E-state index in [0.29, 0.717) is 25.3 Å². The number of nitrogens with one attached hydrogen (secondary N) is 1. The quantitative estimate of drug-likeness (QED) is 0.878. The molecule has 0 radical (unpaired) electrons. The number of carbonyl (C=O) groups is 1. The second kappa shape index (κ2) is 7.31. The Kier molecular flexibility index (Phi) is 5.15. The van der Waals surface area contributed by atoms with E-state index in [1.165, 1.54) is 0 Å². The van der Waals surface area contributed by atoms with Crippen LogP contribution in [0.5, 0.6) is 0 Å². The van der Waals surface area contributed by atoms with Crippen LogP contribution in [0.2, 0.25) is 0 Å². The van der Waals surface area contributed by atoms with Gasteiger partial charge in [0.2, 0.25) is 0 Å². The van der Waals surface area contributed by atoms with Crippen molar-refractivity contribution in [2.24, 2.45) is 5.73 Å². The fourth-order valence-electron chi connectivity index (χ4n) is 1.78. The molecule has 4 nitrogen and oxygen atoms in total. The normalized spacial score (nSPS) is 10.1. The zero-order chi connectivity index (χ0) is 14.2. The summed E-state index contributed by atoms with van der Waals surface area (Å²) in [6.45, 7) is 0.846. The maximum Gasteiger partial charge on any atom is 0.411 e. The molecule has 0 spiro atoms. The highest BCUT2D eigenvalue weighted by molar-refractivity contribution is 5.84. The molecular formula is C16H18N2O2. The number of rotatable bonds is 5. The Bertz CT molecular complexity index is 538. The highest BCUT2D eigenvalue weighted by atomic mass is 16.5. The second-order valence-electron chi connectivity index (χ2n) is 4.40. The van der Waals surface area contributed by atoms with Crippen LogP contribution in [0, 0.1) is 0 Å². The molecule has 0 saturated carbocycles. The topological polar surface area (TPSA) is 64.3 Å². The number of nitrogens with two attached hydrogens (primary N) is 1. The average Bonchev–Trinajstić information content (AvgIpc) is 2.49. The second-order valence-corrected chi connectivity index (χ2v) is 4.40. The van der Waals surface area contributed by atoms with E-state index >= 15 is 0 Å². The molecule has 2 aromatic carbocycles. The lowest BCUT2D eigenvalue weighted by Gasteiger charge is -2.07. The summed E-state index contributed by atoms with van der Waals surface area (Å²) in [5.41, 5.74) is 8.38. The van der Waals surface area contributed by atoms with Crippen molar-refractivity contribution in [1.82, 2.24) is 0 Å². The van der Waals surface area contributed by atoms with Gasteiger partial charge in [0.25, 0.3) is 0 Å². The molecule has 0 heterocycles. The van der Waals surface area contributed by atoms with E-state index in [1.54, 1.807) is 12.1 Å². The number of hydrogen-bond acceptors (Lipinski definition) is 3. The van der Waals surface area contributed by atoms with Gasteiger partial charge in [0, 0.05) is 18.7 Å². The molecule has 2 aromatic rings. The van der Waals surface area contributed by atoms with Gasteiger partial charge in [-0.15, -0.1) is 0 Å². The molecule has 104 valence electrons. The van der Waals surface area contributed by atoms with Gasteiger partial charge in [0.15, 0.2) is 0 Å². The van der Waals surface area contributed by atoms with Gasteiger partial charge >= 0.3 is 6.09 Å². The monoisotopic (exact) mass is 270 g/mol. The van der Waals surface area contributed by atoms with Gasteiger partial charge < -0.3 is 10.5 Å². The minimum absolute atomic E-state index is 0.358. The van der Waals surface area contributed by atoms with Crippen LogP contribution in [0.3, 0.4) is 0 Å². The zero-order valence-electron chi connectivity index (χ0n) is 11.2. The van der Waals surface area contributed by atoms with Crippen LogP contribution in [-0.2, 0) is 17.7 Å². The molecule has 4 heteroatoms. The third-order valence-electron chi connectivity index (χ3n) is 2.90. The Morgan fingerprint density at radius 3 is 2.35 bits per heavy atom. The first-order chi connectivity index (χ1) is 9.78. The summed E-state index contributed by atoms with van der Waals surface area (Å²) in [6, 6.07) is 17.3. The molecule has 3 N–H and O–H groups in total. The Hall–Kier alpha value is -2.33. The van der Waals surface area contributed by atoms with Crippen molar-refractivity contribution in [1.29, 1.82) is 0 Å². The molecule has 0 unspecified atom stereocenters. The molecule has 0 aliphatic carbocycles. The number of hydrogen-bond donors (Lipinski definition) is 2. The van der Waals surface area contributed by atoms with E-state index in [1.807, 2.05) is 42.5 Å². The van der Waals surface area contributed by atoms with Crippen LogP contribution in [0.15, 0.2) is 54.6 Å². The predicted octanol–water partition coefficient (Wildman–Crippen LogP) is 2.94. The van der Waals surface area contributed by atoms with E-state index in [0.717, 1.165) is 11.1 Å². The smallest absolute Gasteiger partial charge is 0.411 e. The number of anilines is 1. The van der Waals surface area contributed by atoms with Gasteiger partial charge in [-0.2, -0.15) is 0 Å². The van der Waals surface area contributed by atoms with Crippen LogP contribution in [0.4, 0.5) is 10.5 Å². The fraction of sp³-hybridized carbons (Fsp3) is 0.188. The van der Waals surface area contributed by atoms with Crippen molar-refractivity contribution in [3.8, 4) is 0 Å². The summed E-state index contributed by atoms with van der Waals surface area (Å²) in [6.07, 6.45) is 0.266. The number of amides is 1. The van der Waals surface area contributed by atoms with Crippen molar-refractivity contribution in [2.45, 2.75) is 13.0 Å². The largest absolute Gasteiger partial charge is 0.449 e. The Balaban J connectivity index is 1.74. The third-order valence-corrected chi connectivity index (χ3v) is 2.90. The van der Waals surface area contributed by atoms with Crippen LogP contribution >= 0.6 is 0 Å². The molecule has 0 atom stereocenters. The summed E-state index contributed by atoms with van der Waals surface area (Å²) < 4.78 is 5.13. The van der Waals surface area contributed by atoms with Crippen molar-refractivity contribution in [2.75, 3.05) is 11.9 Å². The molecule has 0 aliphatic heterocycles. The fourth-order valence-corrected chi connectivity index (χ4v) is 1.78. The SMILES string of the molecule is NCc1ccc(NC(=O)OCCc2ccccc2)cc1. The first-order valence-electron chi connectivity index (χ1n) is 6.54. The van der Waals surface area contributed by atoms with Gasteiger partial charge in [-0.25, -0.2) is 4.79 Å². The first kappa shape index (κ1) is 14.1. The summed E-state index contributed by atoms with van der Waals surface area (Å²) in [5.74, 6) is 0. The van der Waals surface area contributed by atoms with E-state index in [4.69, 9.17) is 10.5 Å². The molecule has 0 fully saturated rings. The Labute approximate surface area is 118 Å². The van der Waals surface area contributed by atoms with Gasteiger partial charge in [-0.1, -0.05) is 42.5 Å². The van der Waals surface area contributed by atoms with Crippen LogP contribution in [0.1, 0.15) is 11.1 Å². The van der Waals surface area contributed by atoms with Gasteiger partial charge in [-0.05, 0) is 23.3 Å². The van der Waals surface area contributed by atoms with Crippen molar-refractivity contribution >= 4 is 11.8 Å². The maximum atomic E-state index is 11.6. The highest BCUT2D eigenvalue weighted by Crippen LogP contribution is 2.09. The molecule has 0 aromatic heterocycles. The molecular weight excluding hydrogens is 252 g/mol. The lowest BCUT2D eigenvalue weighted by Crippen LogP contribution is -2.15. The predicted molar refractivity (Wildman–Crippen MR) is 79.5 cm³/mol. The van der Waals surface area contributed by atoms with Crippen molar-refractivity contribution < 1.29 is 9.53 Å². The summed E-state index contributed by atoms with van der Waals surface area (Å²) in [5, 5.41) is 2.68. The van der Waals surface area contributed by atoms with Gasteiger partial charge in [0.1, 0.15) is 0 Å². The zero-order valence-corrected chi connectivity index (χ0v) is 11.2. The molecule has 0 bridgehead atoms. The number of carbonyl (C=O) groups excluding carboxylic acids is 1. The van der Waals surface area contributed by atoms with Crippen LogP contribution in [0.25, 0.3) is 0 Å². The van der Waals surface area contributed by atoms with Crippen LogP contribution < -0.4 is 11.1 Å². The lowest BCUT2D eigenvalue weighted by atomic mass is 10.2. The third kappa shape index (κ3) is 4.40. The number of benzene rings is 2. The van der Waals surface area contributed by atoms with E-state index < -0.39 is 6.09 Å². The van der Waals surface area contributed by atoms with E-state index in [9.17, 15) is 4.79 Å². The standard InChI is InChI=1S/C16H18N2O2/c17-12-14-6-8-15(9-7-14)18-16(19)20-11-10-13-4-2-1-3-5-13/h1-9H,10-12,17H2,(H,18,19). The summed E-state index contributed by atoms with van der Waals surface area (Å²) in [7, 11) is 0. The number of ether oxygens (including phenoxy) is 1. The summed E-state index contributed by atoms with van der Waals surface area (Å²) >= 11 is 0. The van der Waals surface area contributed by atoms with Crippen molar-refractivity contribution in [3.63, 3.8) is 0 Å². The molecule has 2 rings (SSSR count).